The van der Waals surface area contributed by atoms with Gasteiger partial charge in [0.1, 0.15) is 0 Å². The summed E-state index contributed by atoms with van der Waals surface area (Å²) in [4.78, 5) is 21.9. The first-order chi connectivity index (χ1) is 12.8. The van der Waals surface area contributed by atoms with Crippen LogP contribution in [0.3, 0.4) is 0 Å². The van der Waals surface area contributed by atoms with Crippen molar-refractivity contribution in [3.63, 3.8) is 0 Å². The Bertz CT molecular complexity index is 905. The Morgan fingerprint density at radius 2 is 1.62 bits per heavy atom. The van der Waals surface area contributed by atoms with Gasteiger partial charge in [-0.2, -0.15) is 0 Å². The van der Waals surface area contributed by atoms with Crippen LogP contribution in [0.2, 0.25) is 0 Å². The summed E-state index contributed by atoms with van der Waals surface area (Å²) in [5.74, 6) is 0.186. The topological polar surface area (TPSA) is 33.2 Å². The molecule has 3 heterocycles. The number of carbonyl (C=O) groups excluding carboxylic acids is 1. The van der Waals surface area contributed by atoms with Crippen molar-refractivity contribution < 1.29 is 4.79 Å². The van der Waals surface area contributed by atoms with Crippen LogP contribution in [0.5, 0.6) is 0 Å². The quantitative estimate of drug-likeness (QED) is 0.407. The van der Waals surface area contributed by atoms with Gasteiger partial charge in [-0.05, 0) is 35.0 Å². The number of nitrogens with zero attached hydrogens (tertiary/aromatic N) is 2. The normalized spacial score (nSPS) is 11.1. The van der Waals surface area contributed by atoms with Crippen LogP contribution in [0.25, 0.3) is 10.2 Å². The minimum absolute atomic E-state index is 0.186. The Kier molecular flexibility index (Phi) is 5.43. The van der Waals surface area contributed by atoms with E-state index in [4.69, 9.17) is 0 Å². The molecule has 4 aromatic rings. The third-order valence-electron chi connectivity index (χ3n) is 4.10. The van der Waals surface area contributed by atoms with E-state index in [9.17, 15) is 4.79 Å². The van der Waals surface area contributed by atoms with Crippen LogP contribution in [0, 0.1) is 0 Å². The van der Waals surface area contributed by atoms with Gasteiger partial charge in [-0.1, -0.05) is 24.3 Å². The molecule has 26 heavy (non-hydrogen) atoms. The average molecular weight is 399 g/mol. The maximum Gasteiger partial charge on any atom is 0.223 e. The lowest BCUT2D eigenvalue weighted by molar-refractivity contribution is -0.132. The molecule has 4 rings (SSSR count). The Morgan fingerprint density at radius 3 is 2.23 bits per heavy atom. The summed E-state index contributed by atoms with van der Waals surface area (Å²) in [6.45, 7) is 1.35. The number of aryl methyl sites for hydroxylation is 1. The van der Waals surface area contributed by atoms with E-state index in [0.29, 0.717) is 25.9 Å². The number of fused-ring (bicyclic) bond motifs is 1. The Morgan fingerprint density at radius 1 is 0.923 bits per heavy atom. The zero-order chi connectivity index (χ0) is 17.8. The molecule has 132 valence electrons. The first kappa shape index (κ1) is 17.4. The average Bonchev–Trinajstić information content (AvgIpc) is 3.40. The number of carbonyl (C=O) groups is 1. The molecule has 0 radical (unpaired) electrons. The molecule has 0 bridgehead atoms. The van der Waals surface area contributed by atoms with E-state index in [1.54, 1.807) is 34.0 Å². The molecule has 0 atom stereocenters. The third kappa shape index (κ3) is 4.20. The highest BCUT2D eigenvalue weighted by atomic mass is 32.1. The van der Waals surface area contributed by atoms with Crippen molar-refractivity contribution in [2.45, 2.75) is 25.9 Å². The minimum atomic E-state index is 0.186. The number of amides is 1. The van der Waals surface area contributed by atoms with E-state index in [1.807, 2.05) is 35.2 Å². The van der Waals surface area contributed by atoms with E-state index in [1.165, 1.54) is 14.5 Å². The van der Waals surface area contributed by atoms with Gasteiger partial charge in [-0.3, -0.25) is 4.79 Å². The molecule has 1 aromatic carbocycles. The van der Waals surface area contributed by atoms with Crippen LogP contribution in [-0.4, -0.2) is 15.8 Å². The summed E-state index contributed by atoms with van der Waals surface area (Å²) in [6, 6.07) is 16.4. The highest BCUT2D eigenvalue weighted by Crippen LogP contribution is 2.23. The number of para-hydroxylation sites is 1. The van der Waals surface area contributed by atoms with Crippen LogP contribution in [-0.2, 0) is 24.3 Å². The van der Waals surface area contributed by atoms with Gasteiger partial charge in [0.05, 0.1) is 28.3 Å². The van der Waals surface area contributed by atoms with Gasteiger partial charge in [0, 0.05) is 22.6 Å². The van der Waals surface area contributed by atoms with Gasteiger partial charge in [0.25, 0.3) is 0 Å². The number of benzene rings is 1. The summed E-state index contributed by atoms with van der Waals surface area (Å²) in [5.41, 5.74) is 1.02. The molecular formula is C20H18N2OS3. The molecule has 0 aliphatic carbocycles. The first-order valence-electron chi connectivity index (χ1n) is 8.45. The highest BCUT2D eigenvalue weighted by molar-refractivity contribution is 7.18. The Labute approximate surface area is 164 Å². The summed E-state index contributed by atoms with van der Waals surface area (Å²) in [5, 5.41) is 5.15. The second kappa shape index (κ2) is 8.12. The van der Waals surface area contributed by atoms with Crippen molar-refractivity contribution >= 4 is 50.1 Å². The van der Waals surface area contributed by atoms with Gasteiger partial charge < -0.3 is 4.90 Å². The fourth-order valence-corrected chi connectivity index (χ4v) is 5.22. The summed E-state index contributed by atoms with van der Waals surface area (Å²) < 4.78 is 1.18. The van der Waals surface area contributed by atoms with E-state index < -0.39 is 0 Å². The van der Waals surface area contributed by atoms with Gasteiger partial charge in [-0.25, -0.2) is 4.98 Å². The molecule has 1 amide bonds. The predicted molar refractivity (Wildman–Crippen MR) is 111 cm³/mol. The molecule has 0 aliphatic heterocycles. The number of hydrogen-bond donors (Lipinski definition) is 0. The highest BCUT2D eigenvalue weighted by Gasteiger charge is 2.16. The van der Waals surface area contributed by atoms with E-state index >= 15 is 0 Å². The first-order valence-corrected chi connectivity index (χ1v) is 11.0. The van der Waals surface area contributed by atoms with Crippen LogP contribution >= 0.6 is 34.0 Å². The molecule has 0 aliphatic rings. The van der Waals surface area contributed by atoms with E-state index in [2.05, 4.69) is 33.9 Å². The second-order valence-electron chi connectivity index (χ2n) is 5.98. The van der Waals surface area contributed by atoms with Crippen molar-refractivity contribution in [2.75, 3.05) is 0 Å². The van der Waals surface area contributed by atoms with Gasteiger partial charge >= 0.3 is 0 Å². The largest absolute Gasteiger partial charge is 0.332 e. The van der Waals surface area contributed by atoms with Crippen molar-refractivity contribution in [3.8, 4) is 0 Å². The molecule has 0 N–H and O–H groups in total. The van der Waals surface area contributed by atoms with Crippen LogP contribution in [0.15, 0.2) is 59.3 Å². The summed E-state index contributed by atoms with van der Waals surface area (Å²) >= 11 is 5.08. The second-order valence-corrected chi connectivity index (χ2v) is 9.16. The van der Waals surface area contributed by atoms with Crippen molar-refractivity contribution in [2.24, 2.45) is 0 Å². The number of hydrogen-bond acceptors (Lipinski definition) is 5. The van der Waals surface area contributed by atoms with E-state index in [-0.39, 0.29) is 5.91 Å². The molecule has 3 aromatic heterocycles. The number of thiazole rings is 1. The Balaban J connectivity index is 1.44. The van der Waals surface area contributed by atoms with Gasteiger partial charge in [0.2, 0.25) is 5.91 Å². The molecule has 0 fully saturated rings. The zero-order valence-corrected chi connectivity index (χ0v) is 16.6. The predicted octanol–water partition coefficient (Wildman–Crippen LogP) is 5.58. The van der Waals surface area contributed by atoms with Gasteiger partial charge in [0.15, 0.2) is 0 Å². The lowest BCUT2D eigenvalue weighted by Crippen LogP contribution is -2.29. The summed E-state index contributed by atoms with van der Waals surface area (Å²) in [6.07, 6.45) is 1.19. The summed E-state index contributed by atoms with van der Waals surface area (Å²) in [7, 11) is 0. The molecule has 6 heteroatoms. The molecule has 0 spiro atoms. The van der Waals surface area contributed by atoms with Crippen molar-refractivity contribution in [1.29, 1.82) is 0 Å². The third-order valence-corrected chi connectivity index (χ3v) is 6.92. The number of thiophene rings is 2. The van der Waals surface area contributed by atoms with Gasteiger partial charge in [-0.15, -0.1) is 34.0 Å². The number of aromatic nitrogens is 1. The van der Waals surface area contributed by atoms with E-state index in [0.717, 1.165) is 10.5 Å². The molecule has 0 saturated carbocycles. The fraction of sp³-hybridized carbons (Fsp3) is 0.200. The maximum atomic E-state index is 12.9. The lowest BCUT2D eigenvalue weighted by atomic mass is 10.2. The van der Waals surface area contributed by atoms with Crippen molar-refractivity contribution in [3.05, 3.63) is 74.1 Å². The maximum absolute atomic E-state index is 12.9. The van der Waals surface area contributed by atoms with Crippen LogP contribution in [0.4, 0.5) is 0 Å². The SMILES string of the molecule is O=C(CCc1nc2ccccc2s1)N(Cc1cccs1)Cc1cccs1. The Hall–Kier alpha value is -2.02. The smallest absolute Gasteiger partial charge is 0.223 e. The zero-order valence-electron chi connectivity index (χ0n) is 14.1. The molecule has 0 saturated heterocycles. The monoisotopic (exact) mass is 398 g/mol. The standard InChI is InChI=1S/C20H18N2OS3/c23-20(10-9-19-21-17-7-1-2-8-18(17)26-19)22(13-15-5-3-11-24-15)14-16-6-4-12-25-16/h1-8,11-12H,9-10,13-14H2. The van der Waals surface area contributed by atoms with Crippen molar-refractivity contribution in [1.82, 2.24) is 9.88 Å². The fourth-order valence-electron chi connectivity index (χ4n) is 2.81. The molecule has 3 nitrogen and oxygen atoms in total. The minimum Gasteiger partial charge on any atom is -0.332 e. The molecular weight excluding hydrogens is 380 g/mol. The number of rotatable bonds is 7. The van der Waals surface area contributed by atoms with Crippen LogP contribution in [0.1, 0.15) is 21.2 Å². The van der Waals surface area contributed by atoms with Crippen LogP contribution < -0.4 is 0 Å². The molecule has 0 unspecified atom stereocenters. The lowest BCUT2D eigenvalue weighted by Gasteiger charge is -2.21.